The molecule has 1 unspecified atom stereocenters. The molecule has 0 aromatic heterocycles. The minimum Gasteiger partial charge on any atom is -0.341 e. The number of imide groups is 1. The van der Waals surface area contributed by atoms with Crippen LogP contribution in [0.25, 0.3) is 0 Å². The van der Waals surface area contributed by atoms with Crippen LogP contribution in [0.2, 0.25) is 0 Å². The third kappa shape index (κ3) is 5.21. The Hall–Kier alpha value is -1.59. The molecule has 1 aliphatic heterocycles. The molecule has 1 heterocycles. The largest absolute Gasteiger partial charge is 0.341 e. The lowest BCUT2D eigenvalue weighted by Gasteiger charge is -2.28. The van der Waals surface area contributed by atoms with Gasteiger partial charge in [0.2, 0.25) is 5.91 Å². The maximum Gasteiger partial charge on any atom is 0.325 e. The molecule has 1 fully saturated rings. The van der Waals surface area contributed by atoms with E-state index in [1.165, 1.54) is 0 Å². The number of amides is 4. The van der Waals surface area contributed by atoms with Gasteiger partial charge >= 0.3 is 6.03 Å². The van der Waals surface area contributed by atoms with Crippen LogP contribution in [0.1, 0.15) is 54.9 Å². The summed E-state index contributed by atoms with van der Waals surface area (Å²) in [5.41, 5.74) is -0.910. The van der Waals surface area contributed by atoms with Crippen LogP contribution in [0.3, 0.4) is 0 Å². The van der Waals surface area contributed by atoms with Crippen LogP contribution in [0.5, 0.6) is 0 Å². The van der Waals surface area contributed by atoms with Crippen molar-refractivity contribution in [3.8, 4) is 0 Å². The van der Waals surface area contributed by atoms with Gasteiger partial charge in [-0.05, 0) is 31.1 Å². The van der Waals surface area contributed by atoms with Gasteiger partial charge in [-0.2, -0.15) is 0 Å². The summed E-state index contributed by atoms with van der Waals surface area (Å²) in [6.45, 7) is 15.0. The average Bonchev–Trinajstić information content (AvgIpc) is 2.59. The van der Waals surface area contributed by atoms with E-state index in [9.17, 15) is 14.4 Å². The second-order valence-electron chi connectivity index (χ2n) is 8.34. The van der Waals surface area contributed by atoms with Crippen molar-refractivity contribution in [2.24, 2.45) is 17.8 Å². The van der Waals surface area contributed by atoms with Crippen molar-refractivity contribution in [1.82, 2.24) is 15.1 Å². The molecule has 0 bridgehead atoms. The van der Waals surface area contributed by atoms with Crippen LogP contribution >= 0.6 is 0 Å². The highest BCUT2D eigenvalue weighted by Gasteiger charge is 2.48. The molecular formula is C18H33N3O3. The second kappa shape index (κ2) is 7.99. The van der Waals surface area contributed by atoms with Crippen molar-refractivity contribution in [1.29, 1.82) is 0 Å². The van der Waals surface area contributed by atoms with Gasteiger partial charge in [0.1, 0.15) is 12.1 Å². The van der Waals surface area contributed by atoms with E-state index in [1.54, 1.807) is 11.8 Å². The summed E-state index contributed by atoms with van der Waals surface area (Å²) in [5, 5.41) is 2.75. The molecule has 0 radical (unpaired) electrons. The van der Waals surface area contributed by atoms with Gasteiger partial charge in [-0.15, -0.1) is 0 Å². The number of rotatable bonds is 8. The van der Waals surface area contributed by atoms with Gasteiger partial charge in [0.25, 0.3) is 5.91 Å². The Morgan fingerprint density at radius 3 is 1.96 bits per heavy atom. The molecule has 0 saturated carbocycles. The van der Waals surface area contributed by atoms with Crippen LogP contribution in [0.15, 0.2) is 0 Å². The summed E-state index contributed by atoms with van der Waals surface area (Å²) in [7, 11) is 0. The lowest BCUT2D eigenvalue weighted by atomic mass is 9.91. The Bertz CT molecular complexity index is 478. The zero-order chi connectivity index (χ0) is 18.7. The molecule has 1 saturated heterocycles. The monoisotopic (exact) mass is 339 g/mol. The summed E-state index contributed by atoms with van der Waals surface area (Å²) >= 11 is 0. The maximum absolute atomic E-state index is 12.6. The molecule has 0 aromatic rings. The molecule has 138 valence electrons. The van der Waals surface area contributed by atoms with Crippen LogP contribution in [-0.2, 0) is 9.59 Å². The zero-order valence-corrected chi connectivity index (χ0v) is 16.2. The first-order valence-electron chi connectivity index (χ1n) is 8.88. The Morgan fingerprint density at radius 1 is 1.04 bits per heavy atom. The molecule has 0 aliphatic carbocycles. The van der Waals surface area contributed by atoms with Crippen molar-refractivity contribution in [3.05, 3.63) is 0 Å². The maximum atomic E-state index is 12.6. The summed E-state index contributed by atoms with van der Waals surface area (Å²) in [6, 6.07) is -0.467. The van der Waals surface area contributed by atoms with Gasteiger partial charge in [-0.3, -0.25) is 14.5 Å². The normalized spacial score (nSPS) is 21.2. The number of nitrogens with one attached hydrogen (secondary N) is 1. The fourth-order valence-electron chi connectivity index (χ4n) is 3.24. The van der Waals surface area contributed by atoms with E-state index in [2.05, 4.69) is 5.32 Å². The van der Waals surface area contributed by atoms with Gasteiger partial charge in [0, 0.05) is 13.1 Å². The molecule has 24 heavy (non-hydrogen) atoms. The highest BCUT2D eigenvalue weighted by molar-refractivity contribution is 6.08. The molecule has 6 heteroatoms. The Morgan fingerprint density at radius 2 is 1.54 bits per heavy atom. The molecule has 1 N–H and O–H groups in total. The Labute approximate surface area is 145 Å². The Kier molecular flexibility index (Phi) is 6.81. The predicted octanol–water partition coefficient (Wildman–Crippen LogP) is 2.48. The summed E-state index contributed by atoms with van der Waals surface area (Å²) in [5.74, 6) is 0.468. The quantitative estimate of drug-likeness (QED) is 0.691. The lowest BCUT2D eigenvalue weighted by molar-refractivity contribution is -0.139. The summed E-state index contributed by atoms with van der Waals surface area (Å²) < 4.78 is 0. The summed E-state index contributed by atoms with van der Waals surface area (Å²) in [6.07, 6.45) is 0.559. The Balaban J connectivity index is 2.84. The van der Waals surface area contributed by atoms with E-state index in [4.69, 9.17) is 0 Å². The van der Waals surface area contributed by atoms with E-state index in [0.717, 1.165) is 4.90 Å². The molecule has 1 rings (SSSR count). The van der Waals surface area contributed by atoms with Crippen molar-refractivity contribution in [2.45, 2.75) is 60.4 Å². The minimum absolute atomic E-state index is 0.172. The van der Waals surface area contributed by atoms with E-state index < -0.39 is 11.6 Å². The first-order valence-corrected chi connectivity index (χ1v) is 8.88. The van der Waals surface area contributed by atoms with Gasteiger partial charge in [-0.1, -0.05) is 41.5 Å². The van der Waals surface area contributed by atoms with Crippen molar-refractivity contribution in [2.75, 3.05) is 19.6 Å². The second-order valence-corrected chi connectivity index (χ2v) is 8.34. The fourth-order valence-corrected chi connectivity index (χ4v) is 3.24. The van der Waals surface area contributed by atoms with Gasteiger partial charge in [-0.25, -0.2) is 4.79 Å². The predicted molar refractivity (Wildman–Crippen MR) is 94.4 cm³/mol. The smallest absolute Gasteiger partial charge is 0.325 e. The van der Waals surface area contributed by atoms with Gasteiger partial charge in [0.15, 0.2) is 0 Å². The molecule has 1 aliphatic rings. The fraction of sp³-hybridized carbons (Fsp3) is 0.833. The third-order valence-corrected chi connectivity index (χ3v) is 3.98. The van der Waals surface area contributed by atoms with Crippen molar-refractivity contribution < 1.29 is 14.4 Å². The number of hydrogen-bond acceptors (Lipinski definition) is 3. The number of carbonyl (C=O) groups excluding carboxylic acids is 3. The van der Waals surface area contributed by atoms with Crippen LogP contribution in [0, 0.1) is 17.8 Å². The van der Waals surface area contributed by atoms with E-state index in [0.29, 0.717) is 31.3 Å². The first kappa shape index (κ1) is 20.5. The first-order chi connectivity index (χ1) is 11.0. The lowest BCUT2D eigenvalue weighted by Crippen LogP contribution is -2.47. The number of hydrogen-bond donors (Lipinski definition) is 1. The summed E-state index contributed by atoms with van der Waals surface area (Å²) in [4.78, 5) is 40.3. The highest BCUT2D eigenvalue weighted by atomic mass is 16.2. The SMILES string of the molecule is CC(C)CN(CC(C)C)C(=O)CN1C(=O)NC(C)(CC(C)C)C1=O. The molecule has 6 nitrogen and oxygen atoms in total. The van der Waals surface area contributed by atoms with Crippen molar-refractivity contribution >= 4 is 17.8 Å². The molecule has 4 amide bonds. The molecule has 1 atom stereocenters. The average molecular weight is 339 g/mol. The third-order valence-electron chi connectivity index (χ3n) is 3.98. The van der Waals surface area contributed by atoms with E-state index >= 15 is 0 Å². The van der Waals surface area contributed by atoms with E-state index in [1.807, 2.05) is 41.5 Å². The van der Waals surface area contributed by atoms with Crippen LogP contribution < -0.4 is 5.32 Å². The van der Waals surface area contributed by atoms with Crippen LogP contribution in [-0.4, -0.2) is 52.8 Å². The van der Waals surface area contributed by atoms with Gasteiger partial charge < -0.3 is 10.2 Å². The topological polar surface area (TPSA) is 69.7 Å². The van der Waals surface area contributed by atoms with Crippen molar-refractivity contribution in [3.63, 3.8) is 0 Å². The molecule has 0 spiro atoms. The number of carbonyl (C=O) groups is 3. The number of urea groups is 1. The molecular weight excluding hydrogens is 306 g/mol. The zero-order valence-electron chi connectivity index (χ0n) is 16.2. The number of nitrogens with zero attached hydrogens (tertiary/aromatic N) is 2. The van der Waals surface area contributed by atoms with Gasteiger partial charge in [0.05, 0.1) is 0 Å². The highest BCUT2D eigenvalue weighted by Crippen LogP contribution is 2.25. The standard InChI is InChI=1S/C18H33N3O3/c1-12(2)8-18(7)16(23)21(17(24)19-18)11-15(22)20(9-13(3)4)10-14(5)6/h12-14H,8-11H2,1-7H3,(H,19,24). The van der Waals surface area contributed by atoms with E-state index in [-0.39, 0.29) is 24.3 Å². The minimum atomic E-state index is -0.910. The van der Waals surface area contributed by atoms with Crippen LogP contribution in [0.4, 0.5) is 4.79 Å². The molecule has 0 aromatic carbocycles.